The molecule has 0 bridgehead atoms. The van der Waals surface area contributed by atoms with E-state index in [-0.39, 0.29) is 0 Å². The van der Waals surface area contributed by atoms with Gasteiger partial charge >= 0.3 is 0 Å². The summed E-state index contributed by atoms with van der Waals surface area (Å²) in [5.41, 5.74) is 0.994. The summed E-state index contributed by atoms with van der Waals surface area (Å²) in [6.07, 6.45) is 2.66. The number of nitrogens with zero attached hydrogens (tertiary/aromatic N) is 2. The van der Waals surface area contributed by atoms with Crippen LogP contribution in [0.4, 0.5) is 0 Å². The Hall–Kier alpha value is -1.82. The zero-order valence-electron chi connectivity index (χ0n) is 14.1. The van der Waals surface area contributed by atoms with E-state index in [4.69, 9.17) is 9.47 Å². The number of pyridine rings is 1. The average Bonchev–Trinajstić information content (AvgIpc) is 2.53. The number of aromatic nitrogens is 1. The van der Waals surface area contributed by atoms with Crippen molar-refractivity contribution in [2.75, 3.05) is 33.9 Å². The third-order valence-electron chi connectivity index (χ3n) is 2.92. The molecule has 22 heavy (non-hydrogen) atoms. The molecule has 0 atom stereocenters. The molecule has 0 spiro atoms. The van der Waals surface area contributed by atoms with Crippen LogP contribution < -0.4 is 15.4 Å². The third-order valence-corrected chi connectivity index (χ3v) is 2.92. The van der Waals surface area contributed by atoms with E-state index in [1.165, 1.54) is 0 Å². The summed E-state index contributed by atoms with van der Waals surface area (Å²) in [7, 11) is 3.38. The van der Waals surface area contributed by atoms with Gasteiger partial charge in [-0.2, -0.15) is 0 Å². The van der Waals surface area contributed by atoms with Gasteiger partial charge in [0.1, 0.15) is 0 Å². The van der Waals surface area contributed by atoms with Crippen LogP contribution in [0.15, 0.2) is 23.3 Å². The van der Waals surface area contributed by atoms with Gasteiger partial charge < -0.3 is 20.1 Å². The zero-order chi connectivity index (χ0) is 16.2. The van der Waals surface area contributed by atoms with E-state index in [0.717, 1.165) is 37.7 Å². The molecule has 0 aromatic carbocycles. The number of ether oxygens (including phenoxy) is 2. The molecule has 2 N–H and O–H groups in total. The Balaban J connectivity index is 2.25. The van der Waals surface area contributed by atoms with Gasteiger partial charge in [-0.3, -0.25) is 4.99 Å². The molecule has 0 radical (unpaired) electrons. The lowest BCUT2D eigenvalue weighted by molar-refractivity contribution is 0.108. The smallest absolute Gasteiger partial charge is 0.218 e. The van der Waals surface area contributed by atoms with E-state index < -0.39 is 0 Å². The van der Waals surface area contributed by atoms with E-state index in [9.17, 15) is 0 Å². The first kappa shape index (κ1) is 18.2. The maximum absolute atomic E-state index is 5.55. The van der Waals surface area contributed by atoms with Gasteiger partial charge in [0.05, 0.1) is 7.11 Å². The van der Waals surface area contributed by atoms with E-state index >= 15 is 0 Å². The molecular weight excluding hydrogens is 280 g/mol. The van der Waals surface area contributed by atoms with Crippen molar-refractivity contribution in [3.8, 4) is 5.88 Å². The molecule has 0 fully saturated rings. The molecule has 1 aromatic heterocycles. The van der Waals surface area contributed by atoms with Crippen molar-refractivity contribution in [3.63, 3.8) is 0 Å². The molecule has 0 aliphatic rings. The Kier molecular flexibility index (Phi) is 8.98. The van der Waals surface area contributed by atoms with Crippen LogP contribution in [0.3, 0.4) is 0 Å². The second-order valence-electron chi connectivity index (χ2n) is 5.35. The Morgan fingerprint density at radius 3 is 2.86 bits per heavy atom. The zero-order valence-corrected chi connectivity index (χ0v) is 14.1. The second-order valence-corrected chi connectivity index (χ2v) is 5.35. The highest BCUT2D eigenvalue weighted by Crippen LogP contribution is 2.12. The molecule has 6 nitrogen and oxygen atoms in total. The van der Waals surface area contributed by atoms with Crippen LogP contribution in [0, 0.1) is 5.92 Å². The largest absolute Gasteiger partial charge is 0.481 e. The van der Waals surface area contributed by atoms with Gasteiger partial charge in [0.2, 0.25) is 5.88 Å². The highest BCUT2D eigenvalue weighted by atomic mass is 16.5. The number of guanidine groups is 1. The minimum atomic E-state index is 0.580. The first-order valence-corrected chi connectivity index (χ1v) is 7.67. The molecule has 0 amide bonds. The Labute approximate surface area is 133 Å². The van der Waals surface area contributed by atoms with E-state index in [0.29, 0.717) is 18.3 Å². The number of methoxy groups -OCH3 is 1. The van der Waals surface area contributed by atoms with Gasteiger partial charge in [0.15, 0.2) is 5.96 Å². The fourth-order valence-electron chi connectivity index (χ4n) is 1.84. The summed E-state index contributed by atoms with van der Waals surface area (Å²) in [4.78, 5) is 8.37. The molecule has 6 heteroatoms. The topological polar surface area (TPSA) is 67.8 Å². The van der Waals surface area contributed by atoms with Crippen molar-refractivity contribution in [2.24, 2.45) is 10.9 Å². The van der Waals surface area contributed by atoms with Crippen LogP contribution >= 0.6 is 0 Å². The molecule has 0 aliphatic carbocycles. The number of hydrogen-bond donors (Lipinski definition) is 2. The van der Waals surface area contributed by atoms with E-state index in [1.54, 1.807) is 20.4 Å². The van der Waals surface area contributed by atoms with Crippen LogP contribution in [-0.2, 0) is 11.3 Å². The Morgan fingerprint density at radius 1 is 1.36 bits per heavy atom. The molecule has 124 valence electrons. The molecule has 0 saturated heterocycles. The van der Waals surface area contributed by atoms with Crippen LogP contribution in [0.1, 0.15) is 25.8 Å². The van der Waals surface area contributed by atoms with Crippen molar-refractivity contribution in [1.29, 1.82) is 0 Å². The van der Waals surface area contributed by atoms with Crippen LogP contribution in [-0.4, -0.2) is 44.9 Å². The number of aliphatic imine (C=N–C) groups is 1. The summed E-state index contributed by atoms with van der Waals surface area (Å²) in [6.45, 7) is 7.31. The fraction of sp³-hybridized carbons (Fsp3) is 0.625. The maximum Gasteiger partial charge on any atom is 0.218 e. The minimum absolute atomic E-state index is 0.580. The molecule has 1 aromatic rings. The van der Waals surface area contributed by atoms with Crippen LogP contribution in [0.2, 0.25) is 0 Å². The summed E-state index contributed by atoms with van der Waals surface area (Å²) >= 11 is 0. The average molecular weight is 308 g/mol. The number of hydrogen-bond acceptors (Lipinski definition) is 4. The van der Waals surface area contributed by atoms with Crippen molar-refractivity contribution in [3.05, 3.63) is 23.9 Å². The molecule has 0 aliphatic heterocycles. The molecule has 0 unspecified atom stereocenters. The van der Waals surface area contributed by atoms with Crippen molar-refractivity contribution >= 4 is 5.96 Å². The van der Waals surface area contributed by atoms with E-state index in [2.05, 4.69) is 34.5 Å². The lowest BCUT2D eigenvalue weighted by atomic mass is 10.2. The Morgan fingerprint density at radius 2 is 2.18 bits per heavy atom. The van der Waals surface area contributed by atoms with Gasteiger partial charge in [0.25, 0.3) is 0 Å². The van der Waals surface area contributed by atoms with Crippen LogP contribution in [0.25, 0.3) is 0 Å². The third kappa shape index (κ3) is 7.26. The highest BCUT2D eigenvalue weighted by Gasteiger charge is 2.04. The monoisotopic (exact) mass is 308 g/mol. The van der Waals surface area contributed by atoms with Gasteiger partial charge in [-0.15, -0.1) is 0 Å². The second kappa shape index (κ2) is 10.8. The highest BCUT2D eigenvalue weighted by molar-refractivity contribution is 5.79. The first-order chi connectivity index (χ1) is 10.7. The molecular formula is C16H28N4O2. The van der Waals surface area contributed by atoms with Gasteiger partial charge in [-0.1, -0.05) is 19.9 Å². The number of rotatable bonds is 9. The Bertz CT molecular complexity index is 450. The predicted molar refractivity (Wildman–Crippen MR) is 89.3 cm³/mol. The predicted octanol–water partition coefficient (Wildman–Crippen LogP) is 1.82. The van der Waals surface area contributed by atoms with Gasteiger partial charge in [0, 0.05) is 45.1 Å². The van der Waals surface area contributed by atoms with E-state index in [1.807, 2.05) is 12.1 Å². The molecule has 1 heterocycles. The maximum atomic E-state index is 5.55. The normalized spacial score (nSPS) is 11.6. The lowest BCUT2D eigenvalue weighted by Crippen LogP contribution is -2.37. The van der Waals surface area contributed by atoms with Crippen molar-refractivity contribution in [2.45, 2.75) is 26.8 Å². The summed E-state index contributed by atoms with van der Waals surface area (Å²) in [5, 5.41) is 6.51. The quantitative estimate of drug-likeness (QED) is 0.414. The van der Waals surface area contributed by atoms with Crippen LogP contribution in [0.5, 0.6) is 5.88 Å². The fourth-order valence-corrected chi connectivity index (χ4v) is 1.84. The van der Waals surface area contributed by atoms with Crippen molar-refractivity contribution in [1.82, 2.24) is 15.6 Å². The standard InChI is InChI=1S/C16H28N4O2/c1-13(2)12-22-10-6-9-19-16(17-3)20-11-14-7-5-8-18-15(14)21-4/h5,7-8,13H,6,9-12H2,1-4H3,(H2,17,19,20). The van der Waals surface area contributed by atoms with Crippen molar-refractivity contribution < 1.29 is 9.47 Å². The molecule has 0 saturated carbocycles. The SMILES string of the molecule is CN=C(NCCCOCC(C)C)NCc1cccnc1OC. The lowest BCUT2D eigenvalue weighted by Gasteiger charge is -2.13. The summed E-state index contributed by atoms with van der Waals surface area (Å²) in [5.74, 6) is 1.97. The minimum Gasteiger partial charge on any atom is -0.481 e. The van der Waals surface area contributed by atoms with Gasteiger partial charge in [-0.25, -0.2) is 4.98 Å². The molecule has 1 rings (SSSR count). The first-order valence-electron chi connectivity index (χ1n) is 7.67. The number of nitrogens with one attached hydrogen (secondary N) is 2. The summed E-state index contributed by atoms with van der Waals surface area (Å²) < 4.78 is 10.8. The van der Waals surface area contributed by atoms with Gasteiger partial charge in [-0.05, 0) is 18.4 Å². The summed E-state index contributed by atoms with van der Waals surface area (Å²) in [6, 6.07) is 3.87.